The van der Waals surface area contributed by atoms with Crippen molar-refractivity contribution in [1.82, 2.24) is 56.2 Å². The molecule has 1 fully saturated rings. The number of ketones is 1. The Morgan fingerprint density at radius 2 is 1.42 bits per heavy atom. The zero-order chi connectivity index (χ0) is 69.9. The van der Waals surface area contributed by atoms with Gasteiger partial charge in [-0.1, -0.05) is 50.6 Å². The average Bonchev–Trinajstić information content (AvgIpc) is 1.59. The van der Waals surface area contributed by atoms with E-state index >= 15 is 0 Å². The molecule has 27 nitrogen and oxygen atoms in total. The first-order valence-electron chi connectivity index (χ1n) is 31.4. The van der Waals surface area contributed by atoms with Crippen LogP contribution in [0.1, 0.15) is 170 Å². The Balaban J connectivity index is 1.03. The molecule has 8 heterocycles. The summed E-state index contributed by atoms with van der Waals surface area (Å²) >= 11 is 7.04. The summed E-state index contributed by atoms with van der Waals surface area (Å²) in [7, 11) is 2.93. The molecule has 5 atom stereocenters. The highest BCUT2D eigenvalue weighted by Crippen LogP contribution is 2.42. The Morgan fingerprint density at radius 1 is 0.714 bits per heavy atom. The third-order valence-corrected chi connectivity index (χ3v) is 22.4. The zero-order valence-corrected chi connectivity index (χ0v) is 58.6. The van der Waals surface area contributed by atoms with E-state index in [0.717, 1.165) is 45.3 Å². The number of unbranched alkanes of at least 4 members (excludes halogenated alkanes) is 1. The summed E-state index contributed by atoms with van der Waals surface area (Å²) in [6, 6.07) is 9.98. The molecule has 0 spiro atoms. The summed E-state index contributed by atoms with van der Waals surface area (Å²) in [5.74, 6) is -7.86. The van der Waals surface area contributed by atoms with Crippen molar-refractivity contribution in [2.24, 2.45) is 17.8 Å². The molecule has 8 N–H and O–H groups in total. The van der Waals surface area contributed by atoms with Crippen LogP contribution >= 0.6 is 68.0 Å². The maximum Gasteiger partial charge on any atom is 0.415 e. The van der Waals surface area contributed by atoms with Crippen LogP contribution in [0, 0.1) is 24.7 Å². The molecule has 5 amide bonds. The second-order valence-corrected chi connectivity index (χ2v) is 29.6. The van der Waals surface area contributed by atoms with Crippen molar-refractivity contribution in [1.29, 1.82) is 0 Å². The number of aryl methyl sites for hydroxylation is 1. The van der Waals surface area contributed by atoms with E-state index in [4.69, 9.17) is 44.4 Å². The van der Waals surface area contributed by atoms with Gasteiger partial charge in [0, 0.05) is 71.4 Å². The first-order valence-corrected chi connectivity index (χ1v) is 36.5. The van der Waals surface area contributed by atoms with E-state index in [-0.39, 0.29) is 92.0 Å². The number of anilines is 1. The SMILES string of the molecule is CNC(=O)C[C@@H]1NC(=O)c2csc(n2)-c2ccc(-c3nc(N(CCCCC(CCC(=O)O)C(=O)O)C(=O)OC4CCC(C(=O)O)CC4)cs3)nc2-c2csc(n2)-c2csc(n2)[C@H]([C@@H](O)c2ccccc2)NC(=O)CNC(=O)c2nc(sc2COC)[C@H](C(C)C)CC(=O)c2nc1sc2C. The van der Waals surface area contributed by atoms with Gasteiger partial charge in [0.15, 0.2) is 5.78 Å². The Hall–Kier alpha value is -8.70. The van der Waals surface area contributed by atoms with E-state index in [1.807, 2.05) is 13.8 Å². The minimum Gasteiger partial charge on any atom is -0.481 e. The number of carbonyl (C=O) groups is 9. The molecule has 0 radical (unpaired) electrons. The quantitative estimate of drug-likeness (QED) is 0.0329. The number of aliphatic carboxylic acids is 3. The number of carboxylic acid groups (broad SMARTS) is 3. The molecule has 10 bridgehead atoms. The molecule has 8 aromatic rings. The van der Waals surface area contributed by atoms with Crippen LogP contribution in [0.4, 0.5) is 10.6 Å². The van der Waals surface area contributed by atoms with Gasteiger partial charge in [-0.3, -0.25) is 43.3 Å². The third kappa shape index (κ3) is 17.6. The number of hydrogen-bond donors (Lipinski definition) is 8. The number of carbonyl (C=O) groups excluding carboxylic acids is 6. The van der Waals surface area contributed by atoms with Crippen LogP contribution in [0.3, 0.4) is 0 Å². The number of aromatic nitrogens is 7. The summed E-state index contributed by atoms with van der Waals surface area (Å²) in [5.41, 5.74) is 2.38. The lowest BCUT2D eigenvalue weighted by Gasteiger charge is -2.28. The van der Waals surface area contributed by atoms with Crippen LogP contribution < -0.4 is 26.2 Å². The van der Waals surface area contributed by atoms with Crippen LogP contribution in [0.2, 0.25) is 0 Å². The van der Waals surface area contributed by atoms with E-state index in [1.54, 1.807) is 70.9 Å². The second kappa shape index (κ2) is 32.8. The summed E-state index contributed by atoms with van der Waals surface area (Å²) in [6.45, 7) is 5.09. The minimum atomic E-state index is -1.32. The molecule has 516 valence electrons. The minimum absolute atomic E-state index is 0.00428. The van der Waals surface area contributed by atoms with Crippen LogP contribution in [0.5, 0.6) is 0 Å². The molecule has 7 aromatic heterocycles. The summed E-state index contributed by atoms with van der Waals surface area (Å²) in [6.07, 6.45) is -1.29. The molecule has 2 aliphatic rings. The van der Waals surface area contributed by atoms with Gasteiger partial charge in [-0.25, -0.2) is 39.7 Å². The highest BCUT2D eigenvalue weighted by Gasteiger charge is 2.35. The number of thiazole rings is 6. The predicted octanol–water partition coefficient (Wildman–Crippen LogP) is 10.5. The maximum atomic E-state index is 14.5. The fraction of sp³-hybridized carbons (Fsp3) is 0.415. The van der Waals surface area contributed by atoms with Crippen LogP contribution in [-0.4, -0.2) is 142 Å². The highest BCUT2D eigenvalue weighted by atomic mass is 32.1. The lowest BCUT2D eigenvalue weighted by molar-refractivity contribution is -0.144. The van der Waals surface area contributed by atoms with Gasteiger partial charge in [0.05, 0.1) is 53.0 Å². The number of Topliss-reactive ketones (excluding diaryl/α,β-unsaturated/α-hetero) is 1. The number of rotatable bonds is 20. The number of amides is 5. The number of fused-ring (bicyclic) bond motifs is 14. The van der Waals surface area contributed by atoms with E-state index in [9.17, 15) is 63.6 Å². The zero-order valence-electron chi connectivity index (χ0n) is 53.7. The van der Waals surface area contributed by atoms with Gasteiger partial charge in [0.1, 0.15) is 83.3 Å². The van der Waals surface area contributed by atoms with Crippen LogP contribution in [0.15, 0.2) is 64.0 Å². The maximum absolute atomic E-state index is 14.5. The number of ether oxygens (including phenoxy) is 2. The first kappa shape index (κ1) is 72.1. The predicted molar refractivity (Wildman–Crippen MR) is 367 cm³/mol. The number of methoxy groups -OCH3 is 1. The van der Waals surface area contributed by atoms with Crippen molar-refractivity contribution in [3.05, 3.63) is 111 Å². The molecule has 33 heteroatoms. The van der Waals surface area contributed by atoms with Gasteiger partial charge in [-0.2, -0.15) is 0 Å². The van der Waals surface area contributed by atoms with E-state index in [1.165, 1.54) is 41.7 Å². The molecule has 1 aliphatic heterocycles. The van der Waals surface area contributed by atoms with Crippen molar-refractivity contribution in [2.75, 3.05) is 32.1 Å². The van der Waals surface area contributed by atoms with Gasteiger partial charge >= 0.3 is 24.0 Å². The third-order valence-electron chi connectivity index (χ3n) is 16.6. The Labute approximate surface area is 585 Å². The lowest BCUT2D eigenvalue weighted by Crippen LogP contribution is -2.40. The monoisotopic (exact) mass is 1450 g/mol. The van der Waals surface area contributed by atoms with Gasteiger partial charge in [0.25, 0.3) is 11.8 Å². The summed E-state index contributed by atoms with van der Waals surface area (Å²) < 4.78 is 11.5. The van der Waals surface area contributed by atoms with Crippen LogP contribution in [0.25, 0.3) is 43.4 Å². The number of aliphatic hydroxyl groups excluding tert-OH is 1. The smallest absolute Gasteiger partial charge is 0.415 e. The number of pyridine rings is 1. The molecule has 1 saturated carbocycles. The Morgan fingerprint density at radius 3 is 2.13 bits per heavy atom. The molecule has 98 heavy (non-hydrogen) atoms. The van der Waals surface area contributed by atoms with Crippen molar-refractivity contribution < 1.29 is 73.1 Å². The van der Waals surface area contributed by atoms with E-state index in [0.29, 0.717) is 100 Å². The fourth-order valence-electron chi connectivity index (χ4n) is 11.2. The normalized spacial score (nSPS) is 18.4. The number of carboxylic acids is 3. The number of aliphatic hydroxyl groups is 1. The largest absolute Gasteiger partial charge is 0.481 e. The van der Waals surface area contributed by atoms with Gasteiger partial charge in [-0.15, -0.1) is 68.0 Å². The standard InChI is InChI=1S/C65H70N12O15S6/c1-31(2)38-23-44(78)50-32(3)97-61(75-50)40(24-47(79)66-4)69-55(84)42-28-93-57(71-42)37-19-20-39(59-73-46(30-96-59)77(22-10-9-13-34(63(86)87)16-21-49(81)82)65(90)92-36-17-14-35(15-18-36)64(88)89)68-51(37)41-27-94-60(70-41)43-29-95-62(72-43)53(54(83)33-11-7-6-8-12-33)74-48(80)25-67-56(85)52-45(26-91-5)98-58(38)76-52/h6-8,11-12,19-20,27-31,34-36,38,40,53-54,83H,9-10,13-18,21-26H2,1-5H3,(H,66,79)(H,67,85)(H,69,84)(H,74,80)(H,81,82)(H,86,87)(H,88,89)/t34?,35?,36?,38-,40-,53-,54-/m0/s1. The van der Waals surface area contributed by atoms with Gasteiger partial charge < -0.3 is 51.2 Å². The molecular weight excluding hydrogens is 1380 g/mol. The topological polar surface area (TPSA) is 395 Å². The van der Waals surface area contributed by atoms with Crippen molar-refractivity contribution >= 4 is 127 Å². The summed E-state index contributed by atoms with van der Waals surface area (Å²) in [5, 5.41) is 60.7. The molecule has 1 aliphatic carbocycles. The molecule has 1 unspecified atom stereocenters. The van der Waals surface area contributed by atoms with Crippen molar-refractivity contribution in [3.8, 4) is 43.4 Å². The number of hydrogen-bond acceptors (Lipinski definition) is 25. The fourth-order valence-corrected chi connectivity index (χ4v) is 16.9. The lowest BCUT2D eigenvalue weighted by atomic mass is 9.87. The van der Waals surface area contributed by atoms with Gasteiger partial charge in [-0.05, 0) is 75.5 Å². The van der Waals surface area contributed by atoms with Gasteiger partial charge in [0.2, 0.25) is 11.8 Å². The Kier molecular flexibility index (Phi) is 24.1. The van der Waals surface area contributed by atoms with Crippen LogP contribution in [-0.2, 0) is 40.1 Å². The van der Waals surface area contributed by atoms with E-state index < -0.39 is 96.2 Å². The number of nitrogens with one attached hydrogen (secondary N) is 4. The van der Waals surface area contributed by atoms with Crippen molar-refractivity contribution in [2.45, 2.75) is 128 Å². The highest BCUT2D eigenvalue weighted by molar-refractivity contribution is 7.15. The number of nitrogens with zero attached hydrogens (tertiary/aromatic N) is 8. The molecule has 1 aromatic carbocycles. The average molecular weight is 1450 g/mol. The molecule has 10 rings (SSSR count). The first-order chi connectivity index (χ1) is 47.0. The van der Waals surface area contributed by atoms with Crippen molar-refractivity contribution in [3.63, 3.8) is 0 Å². The molecular formula is C65H70N12O15S6. The number of benzene rings is 1. The van der Waals surface area contributed by atoms with E-state index in [2.05, 4.69) is 21.3 Å². The Bertz CT molecular complexity index is 4230. The second-order valence-electron chi connectivity index (χ2n) is 23.7. The summed E-state index contributed by atoms with van der Waals surface area (Å²) in [4.78, 5) is 156. The molecule has 0 saturated heterocycles.